The first-order valence-electron chi connectivity index (χ1n) is 9.92. The van der Waals surface area contributed by atoms with E-state index < -0.39 is 39.8 Å². The van der Waals surface area contributed by atoms with Crippen LogP contribution in [0.2, 0.25) is 0 Å². The summed E-state index contributed by atoms with van der Waals surface area (Å²) in [4.78, 5) is 12.5. The smallest absolute Gasteiger partial charge is 0.307 e. The Morgan fingerprint density at radius 1 is 1.37 bits per heavy atom. The lowest BCUT2D eigenvalue weighted by Gasteiger charge is -2.38. The van der Waals surface area contributed by atoms with Crippen molar-refractivity contribution in [2.24, 2.45) is 11.8 Å². The number of allylic oxidation sites excluding steroid dienone is 2. The molecule has 7 heteroatoms. The van der Waals surface area contributed by atoms with Crippen molar-refractivity contribution in [1.82, 2.24) is 0 Å². The highest BCUT2D eigenvalue weighted by Crippen LogP contribution is 2.42. The molecular weight excluding hydrogens is 368 g/mol. The molecule has 2 aliphatic rings. The Bertz CT molecular complexity index is 563. The molecule has 3 N–H and O–H groups in total. The summed E-state index contributed by atoms with van der Waals surface area (Å²) in [5.41, 5.74) is 0. The van der Waals surface area contributed by atoms with Gasteiger partial charge in [0.25, 0.3) is 0 Å². The van der Waals surface area contributed by atoms with Crippen LogP contribution in [-0.2, 0) is 20.3 Å². The number of carbonyl (C=O) groups excluding carboxylic acids is 1. The average molecular weight is 403 g/mol. The molecule has 0 radical (unpaired) electrons. The highest BCUT2D eigenvalue weighted by molar-refractivity contribution is 7.86. The molecule has 0 bridgehead atoms. The van der Waals surface area contributed by atoms with Crippen LogP contribution in [0.5, 0.6) is 0 Å². The Labute approximate surface area is 164 Å². The lowest BCUT2D eigenvalue weighted by Crippen LogP contribution is -2.51. The number of ether oxygens (including phenoxy) is 1. The van der Waals surface area contributed by atoms with Crippen molar-refractivity contribution >= 4 is 16.8 Å². The molecule has 27 heavy (non-hydrogen) atoms. The maximum Gasteiger partial charge on any atom is 0.307 e. The van der Waals surface area contributed by atoms with Gasteiger partial charge >= 0.3 is 5.97 Å². The highest BCUT2D eigenvalue weighted by Gasteiger charge is 2.49. The third-order valence-corrected chi connectivity index (χ3v) is 7.99. The van der Waals surface area contributed by atoms with Gasteiger partial charge in [0.15, 0.2) is 0 Å². The minimum Gasteiger partial charge on any atom is -0.463 e. The van der Waals surface area contributed by atoms with Crippen LogP contribution in [-0.4, -0.2) is 60.4 Å². The van der Waals surface area contributed by atoms with Crippen molar-refractivity contribution in [2.45, 2.75) is 88.5 Å². The first-order valence-corrected chi connectivity index (χ1v) is 11.2. The van der Waals surface area contributed by atoms with Gasteiger partial charge in [-0.3, -0.25) is 9.00 Å². The molecule has 0 amide bonds. The number of esters is 1. The van der Waals surface area contributed by atoms with Gasteiger partial charge in [0.05, 0.1) is 35.6 Å². The Morgan fingerprint density at radius 3 is 2.74 bits per heavy atom. The van der Waals surface area contributed by atoms with E-state index in [9.17, 15) is 24.3 Å². The van der Waals surface area contributed by atoms with E-state index in [0.29, 0.717) is 12.8 Å². The van der Waals surface area contributed by atoms with E-state index in [-0.39, 0.29) is 30.1 Å². The van der Waals surface area contributed by atoms with Gasteiger partial charge in [0, 0.05) is 16.6 Å². The SMILES string of the molecule is C[C@H](O)CS(=O)[C@]1(C)CC(=O)O[C@@H](C)CCC/C=C/[C@@H]2C[C@H](O)C[C@H]2[C@@H]1O. The van der Waals surface area contributed by atoms with E-state index in [1.165, 1.54) is 0 Å². The molecule has 1 heterocycles. The van der Waals surface area contributed by atoms with E-state index in [2.05, 4.69) is 6.08 Å². The summed E-state index contributed by atoms with van der Waals surface area (Å²) in [5, 5.41) is 31.1. The van der Waals surface area contributed by atoms with Crippen molar-refractivity contribution in [2.75, 3.05) is 5.75 Å². The minimum atomic E-state index is -1.64. The second-order valence-electron chi connectivity index (χ2n) is 8.41. The topological polar surface area (TPSA) is 104 Å². The first kappa shape index (κ1) is 22.5. The molecule has 1 fully saturated rings. The van der Waals surface area contributed by atoms with Gasteiger partial charge < -0.3 is 20.1 Å². The fraction of sp³-hybridized carbons (Fsp3) is 0.850. The predicted octanol–water partition coefficient (Wildman–Crippen LogP) is 1.68. The van der Waals surface area contributed by atoms with Gasteiger partial charge in [-0.25, -0.2) is 0 Å². The van der Waals surface area contributed by atoms with Crippen molar-refractivity contribution in [3.05, 3.63) is 12.2 Å². The number of aliphatic hydroxyl groups is 3. The molecule has 1 saturated carbocycles. The van der Waals surface area contributed by atoms with Crippen molar-refractivity contribution < 1.29 is 29.1 Å². The summed E-state index contributed by atoms with van der Waals surface area (Å²) in [6.07, 6.45) is 4.76. The molecule has 0 aromatic carbocycles. The normalized spacial score (nSPS) is 42.0. The number of aliphatic hydroxyl groups excluding tert-OH is 3. The largest absolute Gasteiger partial charge is 0.463 e. The van der Waals surface area contributed by atoms with E-state index in [1.54, 1.807) is 13.8 Å². The lowest BCUT2D eigenvalue weighted by atomic mass is 9.82. The van der Waals surface area contributed by atoms with Crippen LogP contribution < -0.4 is 0 Å². The molecule has 156 valence electrons. The van der Waals surface area contributed by atoms with Crippen LogP contribution in [0.15, 0.2) is 12.2 Å². The maximum atomic E-state index is 13.0. The van der Waals surface area contributed by atoms with Gasteiger partial charge in [-0.15, -0.1) is 0 Å². The van der Waals surface area contributed by atoms with Gasteiger partial charge in [-0.05, 0) is 64.7 Å². The Hall–Kier alpha value is -0.760. The first-order chi connectivity index (χ1) is 12.6. The van der Waals surface area contributed by atoms with Crippen LogP contribution in [0.25, 0.3) is 0 Å². The number of hydrogen-bond donors (Lipinski definition) is 3. The van der Waals surface area contributed by atoms with Crippen molar-refractivity contribution in [1.29, 1.82) is 0 Å². The molecule has 0 saturated heterocycles. The second kappa shape index (κ2) is 9.63. The van der Waals surface area contributed by atoms with Crippen LogP contribution >= 0.6 is 0 Å². The quantitative estimate of drug-likeness (QED) is 0.490. The average Bonchev–Trinajstić information content (AvgIpc) is 2.92. The monoisotopic (exact) mass is 402 g/mol. The van der Waals surface area contributed by atoms with Gasteiger partial charge in [-0.1, -0.05) is 12.2 Å². The van der Waals surface area contributed by atoms with Crippen LogP contribution in [0.3, 0.4) is 0 Å². The number of rotatable bonds is 3. The molecule has 0 spiro atoms. The number of carbonyl (C=O) groups is 1. The third kappa shape index (κ3) is 5.86. The Kier molecular flexibility index (Phi) is 8.04. The molecule has 6 nitrogen and oxygen atoms in total. The number of hydrogen-bond acceptors (Lipinski definition) is 6. The molecule has 0 aromatic heterocycles. The zero-order valence-corrected chi connectivity index (χ0v) is 17.4. The predicted molar refractivity (Wildman–Crippen MR) is 104 cm³/mol. The fourth-order valence-electron chi connectivity index (χ4n) is 4.25. The lowest BCUT2D eigenvalue weighted by molar-refractivity contribution is -0.150. The van der Waals surface area contributed by atoms with E-state index in [1.807, 2.05) is 13.0 Å². The summed E-state index contributed by atoms with van der Waals surface area (Å²) >= 11 is 0. The van der Waals surface area contributed by atoms with Crippen LogP contribution in [0.4, 0.5) is 0 Å². The summed E-state index contributed by atoms with van der Waals surface area (Å²) in [7, 11) is -1.64. The van der Waals surface area contributed by atoms with Gasteiger partial charge in [0.2, 0.25) is 0 Å². The molecule has 1 aliphatic carbocycles. The Morgan fingerprint density at radius 2 is 2.07 bits per heavy atom. The fourth-order valence-corrected chi connectivity index (χ4v) is 5.79. The summed E-state index contributed by atoms with van der Waals surface area (Å²) in [6, 6.07) is 0. The third-order valence-electron chi connectivity index (χ3n) is 5.78. The summed E-state index contributed by atoms with van der Waals surface area (Å²) < 4.78 is 17.3. The molecule has 2 rings (SSSR count). The molecule has 1 unspecified atom stereocenters. The molecule has 8 atom stereocenters. The molecule has 1 aliphatic heterocycles. The zero-order chi connectivity index (χ0) is 20.2. The second-order valence-corrected chi connectivity index (χ2v) is 10.4. The molecule has 0 aromatic rings. The zero-order valence-electron chi connectivity index (χ0n) is 16.5. The van der Waals surface area contributed by atoms with Crippen LogP contribution in [0, 0.1) is 11.8 Å². The van der Waals surface area contributed by atoms with Crippen molar-refractivity contribution in [3.8, 4) is 0 Å². The van der Waals surface area contributed by atoms with Crippen molar-refractivity contribution in [3.63, 3.8) is 0 Å². The van der Waals surface area contributed by atoms with Gasteiger partial charge in [-0.2, -0.15) is 0 Å². The Balaban J connectivity index is 2.36. The van der Waals surface area contributed by atoms with Gasteiger partial charge in [0.1, 0.15) is 0 Å². The maximum absolute atomic E-state index is 13.0. The minimum absolute atomic E-state index is 0.0212. The van der Waals surface area contributed by atoms with Crippen LogP contribution in [0.1, 0.15) is 59.3 Å². The number of cyclic esters (lactones) is 1. The highest BCUT2D eigenvalue weighted by atomic mass is 32.2. The van der Waals surface area contributed by atoms with E-state index in [0.717, 1.165) is 19.3 Å². The van der Waals surface area contributed by atoms with E-state index in [4.69, 9.17) is 4.74 Å². The molecular formula is C20H34O6S. The van der Waals surface area contributed by atoms with E-state index >= 15 is 0 Å². The summed E-state index contributed by atoms with van der Waals surface area (Å²) in [6.45, 7) is 5.01. The standard InChI is InChI=1S/C20H34O6S/c1-13(21)12-27(25)20(3)11-18(23)26-14(2)7-5-4-6-8-15-9-16(22)10-17(15)19(20)24/h6,8,13-17,19,21-22,24H,4-5,7,9-12H2,1-3H3/b8-6+/t13-,14-,15+,16-,17+,19-,20+,27?/m0/s1. The number of fused-ring (bicyclic) bond motifs is 1. The summed E-state index contributed by atoms with van der Waals surface area (Å²) in [5.74, 6) is -0.811.